The van der Waals surface area contributed by atoms with Crippen LogP contribution in [-0.2, 0) is 0 Å². The molecule has 0 saturated carbocycles. The molecular formula is C18H23N5O. The highest BCUT2D eigenvalue weighted by atomic mass is 16.2. The van der Waals surface area contributed by atoms with Gasteiger partial charge in [0.05, 0.1) is 0 Å². The minimum Gasteiger partial charge on any atom is -0.335 e. The standard InChI is InChI=1S/C18H23N5O/c1-3-22-10-12-23(13-11-22)17(24)16-8-9-19-18(21-16)20-15-7-5-4-6-14(15)2/h4-9H,3,10-13H2,1-2H3,(H,19,20,21). The monoisotopic (exact) mass is 325 g/mol. The maximum atomic E-state index is 12.7. The fraction of sp³-hybridized carbons (Fsp3) is 0.389. The van der Waals surface area contributed by atoms with Crippen LogP contribution in [-0.4, -0.2) is 58.4 Å². The number of carbonyl (C=O) groups is 1. The molecule has 0 aliphatic carbocycles. The van der Waals surface area contributed by atoms with Gasteiger partial charge in [0, 0.05) is 38.1 Å². The number of aryl methyl sites for hydroxylation is 1. The number of para-hydroxylation sites is 1. The first kappa shape index (κ1) is 16.4. The van der Waals surface area contributed by atoms with E-state index in [9.17, 15) is 4.79 Å². The van der Waals surface area contributed by atoms with Crippen molar-refractivity contribution in [2.45, 2.75) is 13.8 Å². The van der Waals surface area contributed by atoms with Crippen molar-refractivity contribution in [1.82, 2.24) is 19.8 Å². The second-order valence-corrected chi connectivity index (χ2v) is 5.93. The summed E-state index contributed by atoms with van der Waals surface area (Å²) in [5.74, 6) is 0.420. The van der Waals surface area contributed by atoms with E-state index in [-0.39, 0.29) is 5.91 Å². The van der Waals surface area contributed by atoms with Crippen LogP contribution >= 0.6 is 0 Å². The molecule has 1 aliphatic heterocycles. The first-order valence-corrected chi connectivity index (χ1v) is 8.34. The summed E-state index contributed by atoms with van der Waals surface area (Å²) in [6, 6.07) is 9.61. The van der Waals surface area contributed by atoms with Crippen LogP contribution in [0.2, 0.25) is 0 Å². The zero-order valence-corrected chi connectivity index (χ0v) is 14.2. The lowest BCUT2D eigenvalue weighted by molar-refractivity contribution is 0.0637. The molecule has 24 heavy (non-hydrogen) atoms. The molecule has 1 N–H and O–H groups in total. The molecule has 1 aromatic carbocycles. The second kappa shape index (κ2) is 7.40. The number of likely N-dealkylation sites (N-methyl/N-ethyl adjacent to an activating group) is 1. The Kier molecular flexibility index (Phi) is 5.05. The van der Waals surface area contributed by atoms with Gasteiger partial charge in [-0.05, 0) is 31.2 Å². The van der Waals surface area contributed by atoms with Gasteiger partial charge in [0.2, 0.25) is 5.95 Å². The van der Waals surface area contributed by atoms with E-state index in [1.807, 2.05) is 36.1 Å². The Morgan fingerprint density at radius 1 is 1.17 bits per heavy atom. The molecule has 1 amide bonds. The maximum absolute atomic E-state index is 12.7. The molecule has 0 atom stereocenters. The van der Waals surface area contributed by atoms with Crippen molar-refractivity contribution >= 4 is 17.5 Å². The van der Waals surface area contributed by atoms with Crippen molar-refractivity contribution in [3.05, 3.63) is 47.8 Å². The van der Waals surface area contributed by atoms with Crippen LogP contribution in [0.3, 0.4) is 0 Å². The van der Waals surface area contributed by atoms with E-state index in [0.29, 0.717) is 11.6 Å². The lowest BCUT2D eigenvalue weighted by Gasteiger charge is -2.33. The Labute approximate surface area is 142 Å². The van der Waals surface area contributed by atoms with Crippen molar-refractivity contribution in [3.63, 3.8) is 0 Å². The van der Waals surface area contributed by atoms with Crippen LogP contribution in [0.1, 0.15) is 23.0 Å². The minimum atomic E-state index is -0.0269. The smallest absolute Gasteiger partial charge is 0.272 e. The average Bonchev–Trinajstić information content (AvgIpc) is 2.63. The fourth-order valence-corrected chi connectivity index (χ4v) is 2.80. The molecule has 0 radical (unpaired) electrons. The average molecular weight is 325 g/mol. The quantitative estimate of drug-likeness (QED) is 0.935. The summed E-state index contributed by atoms with van der Waals surface area (Å²) in [4.78, 5) is 25.5. The predicted octanol–water partition coefficient (Wildman–Crippen LogP) is 2.31. The number of amides is 1. The Hall–Kier alpha value is -2.47. The molecule has 1 fully saturated rings. The molecule has 1 aromatic heterocycles. The van der Waals surface area contributed by atoms with E-state index in [4.69, 9.17) is 0 Å². The third-order valence-corrected chi connectivity index (χ3v) is 4.37. The molecule has 6 nitrogen and oxygen atoms in total. The van der Waals surface area contributed by atoms with Crippen LogP contribution < -0.4 is 5.32 Å². The fourth-order valence-electron chi connectivity index (χ4n) is 2.80. The number of hydrogen-bond donors (Lipinski definition) is 1. The molecule has 6 heteroatoms. The minimum absolute atomic E-state index is 0.0269. The van der Waals surface area contributed by atoms with Crippen LogP contribution in [0.5, 0.6) is 0 Å². The van der Waals surface area contributed by atoms with E-state index in [2.05, 4.69) is 27.1 Å². The van der Waals surface area contributed by atoms with Crippen molar-refractivity contribution in [2.75, 3.05) is 38.0 Å². The second-order valence-electron chi connectivity index (χ2n) is 5.93. The number of anilines is 2. The van der Waals surface area contributed by atoms with Crippen LogP contribution in [0, 0.1) is 6.92 Å². The van der Waals surface area contributed by atoms with E-state index in [1.165, 1.54) is 0 Å². The van der Waals surface area contributed by atoms with E-state index < -0.39 is 0 Å². The molecular weight excluding hydrogens is 302 g/mol. The molecule has 1 aliphatic rings. The number of nitrogens with one attached hydrogen (secondary N) is 1. The number of nitrogens with zero attached hydrogens (tertiary/aromatic N) is 4. The molecule has 0 unspecified atom stereocenters. The zero-order chi connectivity index (χ0) is 16.9. The number of benzene rings is 1. The van der Waals surface area contributed by atoms with Crippen LogP contribution in [0.15, 0.2) is 36.5 Å². The normalized spacial score (nSPS) is 15.3. The van der Waals surface area contributed by atoms with Gasteiger partial charge >= 0.3 is 0 Å². The van der Waals surface area contributed by atoms with E-state index >= 15 is 0 Å². The zero-order valence-electron chi connectivity index (χ0n) is 14.2. The van der Waals surface area contributed by atoms with Gasteiger partial charge in [-0.25, -0.2) is 9.97 Å². The number of rotatable bonds is 4. The lowest BCUT2D eigenvalue weighted by atomic mass is 10.2. The Morgan fingerprint density at radius 2 is 1.92 bits per heavy atom. The predicted molar refractivity (Wildman–Crippen MR) is 94.5 cm³/mol. The van der Waals surface area contributed by atoms with Crippen molar-refractivity contribution in [1.29, 1.82) is 0 Å². The Bertz CT molecular complexity index is 710. The van der Waals surface area contributed by atoms with Crippen molar-refractivity contribution in [3.8, 4) is 0 Å². The lowest BCUT2D eigenvalue weighted by Crippen LogP contribution is -2.48. The Balaban J connectivity index is 1.71. The Morgan fingerprint density at radius 3 is 2.62 bits per heavy atom. The molecule has 1 saturated heterocycles. The van der Waals surface area contributed by atoms with Crippen molar-refractivity contribution in [2.24, 2.45) is 0 Å². The molecule has 2 heterocycles. The third kappa shape index (κ3) is 3.71. The first-order valence-electron chi connectivity index (χ1n) is 8.34. The van der Waals surface area contributed by atoms with Gasteiger partial charge in [0.15, 0.2) is 0 Å². The van der Waals surface area contributed by atoms with Gasteiger partial charge in [-0.2, -0.15) is 0 Å². The SMILES string of the molecule is CCN1CCN(C(=O)c2ccnc(Nc3ccccc3C)n2)CC1. The van der Waals surface area contributed by atoms with E-state index in [1.54, 1.807) is 12.3 Å². The highest BCUT2D eigenvalue weighted by Gasteiger charge is 2.22. The largest absolute Gasteiger partial charge is 0.335 e. The highest BCUT2D eigenvalue weighted by molar-refractivity contribution is 5.92. The van der Waals surface area contributed by atoms with Gasteiger partial charge in [-0.1, -0.05) is 25.1 Å². The molecule has 0 spiro atoms. The highest BCUT2D eigenvalue weighted by Crippen LogP contribution is 2.17. The maximum Gasteiger partial charge on any atom is 0.272 e. The van der Waals surface area contributed by atoms with Gasteiger partial charge in [-0.15, -0.1) is 0 Å². The van der Waals surface area contributed by atoms with Gasteiger partial charge < -0.3 is 15.1 Å². The topological polar surface area (TPSA) is 61.4 Å². The number of piperazine rings is 1. The molecule has 2 aromatic rings. The van der Waals surface area contributed by atoms with Gasteiger partial charge in [0.25, 0.3) is 5.91 Å². The molecule has 126 valence electrons. The van der Waals surface area contributed by atoms with Crippen LogP contribution in [0.4, 0.5) is 11.6 Å². The molecule has 0 bridgehead atoms. The summed E-state index contributed by atoms with van der Waals surface area (Å²) in [5, 5.41) is 3.19. The first-order chi connectivity index (χ1) is 11.7. The summed E-state index contributed by atoms with van der Waals surface area (Å²) in [7, 11) is 0. The number of carbonyl (C=O) groups excluding carboxylic acids is 1. The summed E-state index contributed by atoms with van der Waals surface area (Å²) in [5.41, 5.74) is 2.48. The summed E-state index contributed by atoms with van der Waals surface area (Å²) in [6.07, 6.45) is 1.63. The van der Waals surface area contributed by atoms with Gasteiger partial charge in [-0.3, -0.25) is 4.79 Å². The molecule has 3 rings (SSSR count). The third-order valence-electron chi connectivity index (χ3n) is 4.37. The number of aromatic nitrogens is 2. The van der Waals surface area contributed by atoms with Gasteiger partial charge in [0.1, 0.15) is 5.69 Å². The van der Waals surface area contributed by atoms with Crippen LogP contribution in [0.25, 0.3) is 0 Å². The van der Waals surface area contributed by atoms with Crippen molar-refractivity contribution < 1.29 is 4.79 Å². The number of hydrogen-bond acceptors (Lipinski definition) is 5. The summed E-state index contributed by atoms with van der Waals surface area (Å²) in [6.45, 7) is 8.52. The summed E-state index contributed by atoms with van der Waals surface area (Å²) >= 11 is 0. The van der Waals surface area contributed by atoms with E-state index in [0.717, 1.165) is 44.0 Å². The summed E-state index contributed by atoms with van der Waals surface area (Å²) < 4.78 is 0.